The first kappa shape index (κ1) is 17.1. The van der Waals surface area contributed by atoms with Crippen LogP contribution < -0.4 is 10.2 Å². The minimum absolute atomic E-state index is 0.100. The molecule has 1 aliphatic heterocycles. The van der Waals surface area contributed by atoms with Gasteiger partial charge in [0.15, 0.2) is 0 Å². The maximum atomic E-state index is 12.4. The summed E-state index contributed by atoms with van der Waals surface area (Å²) >= 11 is 3.34. The van der Waals surface area contributed by atoms with E-state index in [1.807, 2.05) is 24.3 Å². The van der Waals surface area contributed by atoms with Crippen molar-refractivity contribution in [3.05, 3.63) is 63.1 Å². The Morgan fingerprint density at radius 3 is 2.64 bits per heavy atom. The number of rotatable bonds is 4. The van der Waals surface area contributed by atoms with Crippen LogP contribution in [0.2, 0.25) is 0 Å². The fourth-order valence-corrected chi connectivity index (χ4v) is 2.96. The third kappa shape index (κ3) is 3.85. The first-order valence-corrected chi connectivity index (χ1v) is 8.34. The highest BCUT2D eigenvalue weighted by atomic mass is 79.9. The molecule has 128 valence electrons. The Morgan fingerprint density at radius 2 is 1.96 bits per heavy atom. The number of nitrogens with one attached hydrogen (secondary N) is 1. The van der Waals surface area contributed by atoms with E-state index >= 15 is 0 Å². The molecule has 1 saturated heterocycles. The lowest BCUT2D eigenvalue weighted by molar-refractivity contribution is -0.384. The normalized spacial score (nSPS) is 16.8. The number of halogens is 1. The van der Waals surface area contributed by atoms with Gasteiger partial charge in [-0.25, -0.2) is 0 Å². The molecule has 2 aromatic rings. The maximum absolute atomic E-state index is 12.4. The molecule has 0 aliphatic carbocycles. The van der Waals surface area contributed by atoms with Crippen LogP contribution >= 0.6 is 15.9 Å². The number of nitro groups is 1. The molecule has 0 aromatic heterocycles. The van der Waals surface area contributed by atoms with Crippen molar-refractivity contribution in [2.24, 2.45) is 5.92 Å². The van der Waals surface area contributed by atoms with E-state index in [4.69, 9.17) is 0 Å². The number of carbonyl (C=O) groups is 2. The minimum atomic E-state index is -0.524. The molecule has 0 spiro atoms. The smallest absolute Gasteiger partial charge is 0.271 e. The van der Waals surface area contributed by atoms with E-state index in [0.717, 1.165) is 10.2 Å². The number of non-ortho nitro benzene ring substituents is 1. The number of amides is 2. The fourth-order valence-electron chi connectivity index (χ4n) is 2.70. The highest BCUT2D eigenvalue weighted by Crippen LogP contribution is 2.27. The van der Waals surface area contributed by atoms with E-state index in [0.29, 0.717) is 5.69 Å². The number of nitro benzene ring substituents is 1. The van der Waals surface area contributed by atoms with Gasteiger partial charge in [0.25, 0.3) is 5.69 Å². The second-order valence-corrected chi connectivity index (χ2v) is 6.59. The van der Waals surface area contributed by atoms with Crippen LogP contribution in [0.3, 0.4) is 0 Å². The van der Waals surface area contributed by atoms with E-state index in [1.165, 1.54) is 18.2 Å². The van der Waals surface area contributed by atoms with Gasteiger partial charge < -0.3 is 10.2 Å². The predicted octanol–water partition coefficient (Wildman–Crippen LogP) is 3.35. The third-order valence-corrected chi connectivity index (χ3v) is 4.49. The summed E-state index contributed by atoms with van der Waals surface area (Å²) in [7, 11) is 0. The molecule has 1 atom stereocenters. The molecule has 0 radical (unpaired) electrons. The van der Waals surface area contributed by atoms with Crippen molar-refractivity contribution in [1.82, 2.24) is 0 Å². The van der Waals surface area contributed by atoms with Crippen LogP contribution in [0.1, 0.15) is 6.42 Å². The lowest BCUT2D eigenvalue weighted by Crippen LogP contribution is -2.28. The average Bonchev–Trinajstić information content (AvgIpc) is 2.98. The molecule has 1 aliphatic rings. The molecular weight excluding hydrogens is 390 g/mol. The molecule has 1 heterocycles. The number of anilines is 2. The summed E-state index contributed by atoms with van der Waals surface area (Å²) in [5.74, 6) is -0.953. The summed E-state index contributed by atoms with van der Waals surface area (Å²) in [5.41, 5.74) is 0.976. The molecule has 1 fully saturated rings. The van der Waals surface area contributed by atoms with Crippen LogP contribution in [-0.4, -0.2) is 23.3 Å². The van der Waals surface area contributed by atoms with E-state index in [1.54, 1.807) is 11.0 Å². The van der Waals surface area contributed by atoms with Gasteiger partial charge in [-0.3, -0.25) is 19.7 Å². The van der Waals surface area contributed by atoms with Crippen molar-refractivity contribution < 1.29 is 14.5 Å². The number of carbonyl (C=O) groups excluding carboxylic acids is 2. The SMILES string of the molecule is O=C(Nc1cccc([N+](=O)[O-])c1)C1CC(=O)N(c2ccc(Br)cc2)C1. The minimum Gasteiger partial charge on any atom is -0.326 e. The summed E-state index contributed by atoms with van der Waals surface area (Å²) in [6.07, 6.45) is 0.108. The summed E-state index contributed by atoms with van der Waals surface area (Å²) < 4.78 is 0.905. The summed E-state index contributed by atoms with van der Waals surface area (Å²) in [4.78, 5) is 36.5. The van der Waals surface area contributed by atoms with Crippen LogP contribution in [-0.2, 0) is 9.59 Å². The lowest BCUT2D eigenvalue weighted by Gasteiger charge is -2.16. The Hall–Kier alpha value is -2.74. The first-order valence-electron chi connectivity index (χ1n) is 7.55. The zero-order valence-corrected chi connectivity index (χ0v) is 14.6. The standard InChI is InChI=1S/C17H14BrN3O4/c18-12-4-6-14(7-5-12)20-10-11(8-16(20)22)17(23)19-13-2-1-3-15(9-13)21(24)25/h1-7,9,11H,8,10H2,(H,19,23). The Bertz CT molecular complexity index is 838. The molecule has 7 nitrogen and oxygen atoms in total. The maximum Gasteiger partial charge on any atom is 0.271 e. The van der Waals surface area contributed by atoms with Gasteiger partial charge in [0.1, 0.15) is 0 Å². The van der Waals surface area contributed by atoms with Crippen LogP contribution in [0.15, 0.2) is 53.0 Å². The number of nitrogens with zero attached hydrogens (tertiary/aromatic N) is 2. The molecule has 3 rings (SSSR count). The second kappa shape index (κ2) is 7.02. The van der Waals surface area contributed by atoms with Crippen molar-refractivity contribution in [2.75, 3.05) is 16.8 Å². The van der Waals surface area contributed by atoms with Crippen molar-refractivity contribution in [2.45, 2.75) is 6.42 Å². The molecule has 25 heavy (non-hydrogen) atoms. The molecule has 1 N–H and O–H groups in total. The quantitative estimate of drug-likeness (QED) is 0.625. The molecule has 0 bridgehead atoms. The Labute approximate surface area is 151 Å². The molecular formula is C17H14BrN3O4. The van der Waals surface area contributed by atoms with Crippen LogP contribution in [0.25, 0.3) is 0 Å². The van der Waals surface area contributed by atoms with Gasteiger partial charge in [-0.05, 0) is 30.3 Å². The highest BCUT2D eigenvalue weighted by Gasteiger charge is 2.35. The zero-order valence-electron chi connectivity index (χ0n) is 13.0. The van der Waals surface area contributed by atoms with Gasteiger partial charge >= 0.3 is 0 Å². The number of hydrogen-bond donors (Lipinski definition) is 1. The van der Waals surface area contributed by atoms with Crippen LogP contribution in [0.4, 0.5) is 17.1 Å². The van der Waals surface area contributed by atoms with Crippen LogP contribution in [0.5, 0.6) is 0 Å². The first-order chi connectivity index (χ1) is 11.9. The van der Waals surface area contributed by atoms with Gasteiger partial charge in [0.05, 0.1) is 10.8 Å². The molecule has 0 saturated carbocycles. The lowest BCUT2D eigenvalue weighted by atomic mass is 10.1. The van der Waals surface area contributed by atoms with Gasteiger partial charge in [0.2, 0.25) is 11.8 Å². The topological polar surface area (TPSA) is 92.5 Å². The Morgan fingerprint density at radius 1 is 1.24 bits per heavy atom. The second-order valence-electron chi connectivity index (χ2n) is 5.68. The van der Waals surface area contributed by atoms with Gasteiger partial charge in [-0.2, -0.15) is 0 Å². The molecule has 2 aromatic carbocycles. The fraction of sp³-hybridized carbons (Fsp3) is 0.176. The highest BCUT2D eigenvalue weighted by molar-refractivity contribution is 9.10. The number of benzene rings is 2. The Kier molecular flexibility index (Phi) is 4.80. The third-order valence-electron chi connectivity index (χ3n) is 3.96. The molecule has 2 amide bonds. The van der Waals surface area contributed by atoms with Crippen LogP contribution in [0, 0.1) is 16.0 Å². The van der Waals surface area contributed by atoms with Gasteiger partial charge in [-0.1, -0.05) is 22.0 Å². The zero-order chi connectivity index (χ0) is 18.0. The van der Waals surface area contributed by atoms with Gasteiger partial charge in [-0.15, -0.1) is 0 Å². The van der Waals surface area contributed by atoms with Crippen molar-refractivity contribution in [3.63, 3.8) is 0 Å². The van der Waals surface area contributed by atoms with Crippen molar-refractivity contribution in [3.8, 4) is 0 Å². The molecule has 1 unspecified atom stereocenters. The predicted molar refractivity (Wildman–Crippen MR) is 96.3 cm³/mol. The largest absolute Gasteiger partial charge is 0.326 e. The van der Waals surface area contributed by atoms with Crippen molar-refractivity contribution in [1.29, 1.82) is 0 Å². The summed E-state index contributed by atoms with van der Waals surface area (Å²) in [6, 6.07) is 13.0. The summed E-state index contributed by atoms with van der Waals surface area (Å²) in [6.45, 7) is 0.279. The van der Waals surface area contributed by atoms with Crippen molar-refractivity contribution >= 4 is 44.8 Å². The Balaban J connectivity index is 1.69. The molecule has 8 heteroatoms. The van der Waals surface area contributed by atoms with E-state index in [-0.39, 0.29) is 30.5 Å². The summed E-state index contributed by atoms with van der Waals surface area (Å²) in [5, 5.41) is 13.5. The van der Waals surface area contributed by atoms with E-state index in [9.17, 15) is 19.7 Å². The average molecular weight is 404 g/mol. The van der Waals surface area contributed by atoms with E-state index in [2.05, 4.69) is 21.2 Å². The number of hydrogen-bond acceptors (Lipinski definition) is 4. The monoisotopic (exact) mass is 403 g/mol. The van der Waals surface area contributed by atoms with Gasteiger partial charge in [0, 0.05) is 40.9 Å². The van der Waals surface area contributed by atoms with E-state index < -0.39 is 10.8 Å².